The first-order valence-electron chi connectivity index (χ1n) is 8.89. The van der Waals surface area contributed by atoms with Gasteiger partial charge in [-0.05, 0) is 30.9 Å². The molecule has 1 saturated heterocycles. The van der Waals surface area contributed by atoms with Gasteiger partial charge in [0, 0.05) is 26.6 Å². The number of likely N-dealkylation sites (N-methyl/N-ethyl adjacent to an activating group) is 1. The van der Waals surface area contributed by atoms with Crippen molar-refractivity contribution in [1.29, 1.82) is 0 Å². The van der Waals surface area contributed by atoms with Crippen molar-refractivity contribution >= 4 is 17.8 Å². The minimum atomic E-state index is -0.905. The average molecular weight is 380 g/mol. The molecule has 1 atom stereocenters. The van der Waals surface area contributed by atoms with Gasteiger partial charge in [0.05, 0.1) is 19.6 Å². The number of carbonyl (C=O) groups excluding carboxylic acids is 2. The van der Waals surface area contributed by atoms with E-state index in [1.165, 1.54) is 30.0 Å². The lowest BCUT2D eigenvalue weighted by atomic mass is 9.98. The monoisotopic (exact) mass is 380 g/mol. The van der Waals surface area contributed by atoms with Crippen molar-refractivity contribution in [3.8, 4) is 5.75 Å². The van der Waals surface area contributed by atoms with Crippen molar-refractivity contribution in [3.05, 3.63) is 29.6 Å². The SMILES string of the molecule is COc1cccc(CCC(=O)N(C)CC(=O)N2CCCC(C(=O)O)C2)c1F. The second-order valence-electron chi connectivity index (χ2n) is 6.70. The van der Waals surface area contributed by atoms with Crippen LogP contribution in [-0.2, 0) is 20.8 Å². The number of aliphatic carboxylic acids is 1. The molecule has 1 heterocycles. The number of hydrogen-bond acceptors (Lipinski definition) is 4. The molecule has 2 amide bonds. The number of aryl methyl sites for hydroxylation is 1. The minimum absolute atomic E-state index is 0.0611. The first-order chi connectivity index (χ1) is 12.8. The molecule has 27 heavy (non-hydrogen) atoms. The van der Waals surface area contributed by atoms with E-state index in [0.29, 0.717) is 24.9 Å². The van der Waals surface area contributed by atoms with Gasteiger partial charge in [-0.3, -0.25) is 14.4 Å². The fraction of sp³-hybridized carbons (Fsp3) is 0.526. The van der Waals surface area contributed by atoms with Crippen LogP contribution in [0.15, 0.2) is 18.2 Å². The van der Waals surface area contributed by atoms with Crippen molar-refractivity contribution in [2.75, 3.05) is 33.8 Å². The van der Waals surface area contributed by atoms with E-state index in [9.17, 15) is 18.8 Å². The van der Waals surface area contributed by atoms with Gasteiger partial charge in [0.15, 0.2) is 11.6 Å². The highest BCUT2D eigenvalue weighted by Gasteiger charge is 2.29. The number of halogens is 1. The molecule has 1 aliphatic rings. The molecule has 0 aliphatic carbocycles. The zero-order chi connectivity index (χ0) is 20.0. The summed E-state index contributed by atoms with van der Waals surface area (Å²) >= 11 is 0. The van der Waals surface area contributed by atoms with Gasteiger partial charge in [-0.15, -0.1) is 0 Å². The molecule has 0 radical (unpaired) electrons. The van der Waals surface area contributed by atoms with Crippen LogP contribution in [0.3, 0.4) is 0 Å². The average Bonchev–Trinajstić information content (AvgIpc) is 2.66. The van der Waals surface area contributed by atoms with Crippen molar-refractivity contribution in [2.45, 2.75) is 25.7 Å². The van der Waals surface area contributed by atoms with Gasteiger partial charge in [-0.25, -0.2) is 4.39 Å². The van der Waals surface area contributed by atoms with E-state index in [-0.39, 0.29) is 43.5 Å². The van der Waals surface area contributed by atoms with Crippen LogP contribution >= 0.6 is 0 Å². The summed E-state index contributed by atoms with van der Waals surface area (Å²) in [7, 11) is 2.89. The zero-order valence-corrected chi connectivity index (χ0v) is 15.6. The number of ether oxygens (including phenoxy) is 1. The summed E-state index contributed by atoms with van der Waals surface area (Å²) in [6.45, 7) is 0.552. The van der Waals surface area contributed by atoms with Crippen molar-refractivity contribution < 1.29 is 28.6 Å². The number of rotatable bonds is 7. The smallest absolute Gasteiger partial charge is 0.308 e. The third-order valence-electron chi connectivity index (χ3n) is 4.79. The molecule has 0 spiro atoms. The van der Waals surface area contributed by atoms with Gasteiger partial charge < -0.3 is 19.6 Å². The summed E-state index contributed by atoms with van der Waals surface area (Å²) in [5.74, 6) is -2.38. The van der Waals surface area contributed by atoms with E-state index in [4.69, 9.17) is 9.84 Å². The number of methoxy groups -OCH3 is 1. The highest BCUT2D eigenvalue weighted by molar-refractivity contribution is 5.85. The molecule has 1 aromatic rings. The summed E-state index contributed by atoms with van der Waals surface area (Å²) < 4.78 is 19.0. The van der Waals surface area contributed by atoms with Crippen molar-refractivity contribution in [1.82, 2.24) is 9.80 Å². The molecule has 1 unspecified atom stereocenters. The number of piperidine rings is 1. The summed E-state index contributed by atoms with van der Waals surface area (Å²) in [4.78, 5) is 38.5. The third kappa shape index (κ3) is 5.42. The Balaban J connectivity index is 1.86. The Kier molecular flexibility index (Phi) is 7.15. The molecule has 0 aromatic heterocycles. The van der Waals surface area contributed by atoms with Gasteiger partial charge in [-0.1, -0.05) is 12.1 Å². The predicted molar refractivity (Wildman–Crippen MR) is 95.8 cm³/mol. The van der Waals surface area contributed by atoms with Gasteiger partial charge in [0.25, 0.3) is 0 Å². The van der Waals surface area contributed by atoms with E-state index in [1.807, 2.05) is 0 Å². The molecule has 1 aromatic carbocycles. The number of carboxylic acids is 1. The van der Waals surface area contributed by atoms with Gasteiger partial charge in [0.2, 0.25) is 11.8 Å². The maximum atomic E-state index is 14.1. The standard InChI is InChI=1S/C19H25FN2O5/c1-21(12-17(24)22-10-4-6-14(11-22)19(25)26)16(23)9-8-13-5-3-7-15(27-2)18(13)20/h3,5,7,14H,4,6,8-12H2,1-2H3,(H,25,26). The number of carboxylic acid groups (broad SMARTS) is 1. The van der Waals surface area contributed by atoms with E-state index < -0.39 is 17.7 Å². The highest BCUT2D eigenvalue weighted by atomic mass is 19.1. The van der Waals surface area contributed by atoms with Crippen LogP contribution < -0.4 is 4.74 Å². The number of likely N-dealkylation sites (tertiary alicyclic amines) is 1. The Hall–Kier alpha value is -2.64. The molecule has 1 N–H and O–H groups in total. The number of carbonyl (C=O) groups is 3. The topological polar surface area (TPSA) is 87.2 Å². The Labute approximate surface area is 157 Å². The fourth-order valence-corrected chi connectivity index (χ4v) is 3.14. The number of hydrogen-bond donors (Lipinski definition) is 1. The van der Waals surface area contributed by atoms with Crippen LogP contribution in [0.5, 0.6) is 5.75 Å². The largest absolute Gasteiger partial charge is 0.494 e. The first-order valence-corrected chi connectivity index (χ1v) is 8.89. The lowest BCUT2D eigenvalue weighted by Gasteiger charge is -2.32. The fourth-order valence-electron chi connectivity index (χ4n) is 3.14. The summed E-state index contributed by atoms with van der Waals surface area (Å²) in [5, 5.41) is 9.10. The van der Waals surface area contributed by atoms with Crippen molar-refractivity contribution in [3.63, 3.8) is 0 Å². The van der Waals surface area contributed by atoms with E-state index in [2.05, 4.69) is 0 Å². The molecule has 0 bridgehead atoms. The van der Waals surface area contributed by atoms with E-state index >= 15 is 0 Å². The quantitative estimate of drug-likeness (QED) is 0.776. The Morgan fingerprint density at radius 3 is 2.78 bits per heavy atom. The van der Waals surface area contributed by atoms with Gasteiger partial charge in [-0.2, -0.15) is 0 Å². The van der Waals surface area contributed by atoms with Crippen LogP contribution in [-0.4, -0.2) is 66.5 Å². The van der Waals surface area contributed by atoms with Crippen LogP contribution in [0.25, 0.3) is 0 Å². The molecule has 1 aliphatic heterocycles. The van der Waals surface area contributed by atoms with E-state index in [0.717, 1.165) is 0 Å². The predicted octanol–water partition coefficient (Wildman–Crippen LogP) is 1.55. The molecule has 1 fully saturated rings. The van der Waals surface area contributed by atoms with Crippen LogP contribution in [0.1, 0.15) is 24.8 Å². The molecule has 8 heteroatoms. The number of amides is 2. The maximum Gasteiger partial charge on any atom is 0.308 e. The second kappa shape index (κ2) is 9.34. The maximum absolute atomic E-state index is 14.1. The highest BCUT2D eigenvalue weighted by Crippen LogP contribution is 2.21. The third-order valence-corrected chi connectivity index (χ3v) is 4.79. The van der Waals surface area contributed by atoms with E-state index in [1.54, 1.807) is 12.1 Å². The molecular formula is C19H25FN2O5. The summed E-state index contributed by atoms with van der Waals surface area (Å²) in [6, 6.07) is 4.76. The summed E-state index contributed by atoms with van der Waals surface area (Å²) in [6.07, 6.45) is 1.45. The zero-order valence-electron chi connectivity index (χ0n) is 15.6. The Morgan fingerprint density at radius 1 is 1.37 bits per heavy atom. The molecule has 7 nitrogen and oxygen atoms in total. The molecule has 148 valence electrons. The Morgan fingerprint density at radius 2 is 2.11 bits per heavy atom. The molecular weight excluding hydrogens is 355 g/mol. The first kappa shape index (κ1) is 20.7. The number of nitrogens with zero attached hydrogens (tertiary/aromatic N) is 2. The summed E-state index contributed by atoms with van der Waals surface area (Å²) in [5.41, 5.74) is 0.378. The normalized spacial score (nSPS) is 16.7. The van der Waals surface area contributed by atoms with Crippen molar-refractivity contribution in [2.24, 2.45) is 5.92 Å². The van der Waals surface area contributed by atoms with Crippen LogP contribution in [0.4, 0.5) is 4.39 Å². The number of benzene rings is 1. The lowest BCUT2D eigenvalue weighted by molar-refractivity contribution is -0.147. The van der Waals surface area contributed by atoms with Gasteiger partial charge >= 0.3 is 5.97 Å². The minimum Gasteiger partial charge on any atom is -0.494 e. The molecule has 2 rings (SSSR count). The lowest BCUT2D eigenvalue weighted by Crippen LogP contribution is -2.46. The van der Waals surface area contributed by atoms with Gasteiger partial charge in [0.1, 0.15) is 0 Å². The second-order valence-corrected chi connectivity index (χ2v) is 6.70. The molecule has 0 saturated carbocycles. The van der Waals surface area contributed by atoms with Crippen LogP contribution in [0.2, 0.25) is 0 Å². The Bertz CT molecular complexity index is 709. The van der Waals surface area contributed by atoms with Crippen LogP contribution in [0, 0.1) is 11.7 Å².